The molecule has 196 valence electrons. The first-order chi connectivity index (χ1) is 17.6. The topological polar surface area (TPSA) is 59.6 Å². The van der Waals surface area contributed by atoms with E-state index in [1.54, 1.807) is 7.11 Å². The summed E-state index contributed by atoms with van der Waals surface area (Å²) >= 11 is 5.45. The molecule has 1 aromatic carbocycles. The summed E-state index contributed by atoms with van der Waals surface area (Å²) in [6.07, 6.45) is 11.5. The van der Waals surface area contributed by atoms with Crippen LogP contribution in [0.4, 0.5) is 5.69 Å². The van der Waals surface area contributed by atoms with Gasteiger partial charge in [0.15, 0.2) is 5.11 Å². The van der Waals surface area contributed by atoms with E-state index in [9.17, 15) is 9.59 Å². The number of hydrogen-bond acceptors (Lipinski definition) is 7. The number of methoxy groups -OCH3 is 1. The van der Waals surface area contributed by atoms with Crippen LogP contribution in [0.3, 0.4) is 0 Å². The number of hydrogen-bond donors (Lipinski definition) is 0. The summed E-state index contributed by atoms with van der Waals surface area (Å²) in [5.74, 6) is -0.00933. The Hall–Kier alpha value is -3.85. The van der Waals surface area contributed by atoms with Crippen LogP contribution in [0.2, 0.25) is 0 Å². The average molecular weight is 522 g/mol. The van der Waals surface area contributed by atoms with Gasteiger partial charge in [0.2, 0.25) is 0 Å². The molecule has 2 amide bonds. The van der Waals surface area contributed by atoms with E-state index in [0.717, 1.165) is 22.8 Å². The molecular weight excluding hydrogens is 486 g/mol. The molecule has 0 saturated carbocycles. The second-order valence-corrected chi connectivity index (χ2v) is 9.31. The highest BCUT2D eigenvalue weighted by atomic mass is 32.1. The van der Waals surface area contributed by atoms with Gasteiger partial charge in [0, 0.05) is 70.8 Å². The lowest BCUT2D eigenvalue weighted by Gasteiger charge is -2.37. The van der Waals surface area contributed by atoms with Gasteiger partial charge in [0.25, 0.3) is 11.8 Å². The highest BCUT2D eigenvalue weighted by Gasteiger charge is 2.40. The second kappa shape index (κ2) is 11.9. The zero-order chi connectivity index (χ0) is 27.3. The predicted octanol–water partition coefficient (Wildman–Crippen LogP) is 3.73. The summed E-state index contributed by atoms with van der Waals surface area (Å²) in [6, 6.07) is 7.74. The lowest BCUT2D eigenvalue weighted by Crippen LogP contribution is -2.56. The van der Waals surface area contributed by atoms with E-state index < -0.39 is 0 Å². The van der Waals surface area contributed by atoms with Gasteiger partial charge in [-0.3, -0.25) is 19.4 Å². The van der Waals surface area contributed by atoms with Crippen LogP contribution in [0.25, 0.3) is 0 Å². The Morgan fingerprint density at radius 2 is 1.30 bits per heavy atom. The predicted molar refractivity (Wildman–Crippen MR) is 152 cm³/mol. The number of likely N-dealkylation sites (N-methyl/N-ethyl adjacent to an activating group) is 2. The Labute approximate surface area is 225 Å². The standard InChI is InChI=1S/C28H35N5O3S/c1-8-31-26(34)25(27(35)32(9-2)28(31)37)20-18-22(14-16-29(3)4)33(23(19-20)15-17-30(5)6)21-10-12-24(36-7)13-11-21/h10-19H,8-9H2,1-7H3/b16-14+,17-15+. The van der Waals surface area contributed by atoms with Crippen molar-refractivity contribution in [3.63, 3.8) is 0 Å². The first-order valence-electron chi connectivity index (χ1n) is 12.1. The van der Waals surface area contributed by atoms with Crippen molar-refractivity contribution in [3.8, 4) is 5.75 Å². The van der Waals surface area contributed by atoms with E-state index in [4.69, 9.17) is 17.0 Å². The number of ether oxygens (including phenoxy) is 1. The summed E-state index contributed by atoms with van der Waals surface area (Å²) < 4.78 is 5.35. The number of amides is 2. The number of benzene rings is 1. The maximum Gasteiger partial charge on any atom is 0.266 e. The maximum atomic E-state index is 13.5. The molecule has 37 heavy (non-hydrogen) atoms. The number of nitrogens with zero attached hydrogens (tertiary/aromatic N) is 5. The Morgan fingerprint density at radius 3 is 1.68 bits per heavy atom. The molecule has 1 aromatic rings. The molecule has 0 aliphatic carbocycles. The molecule has 2 aliphatic heterocycles. The molecule has 8 nitrogen and oxygen atoms in total. The lowest BCUT2D eigenvalue weighted by atomic mass is 9.97. The molecule has 0 unspecified atom stereocenters. The van der Waals surface area contributed by atoms with Crippen LogP contribution in [-0.2, 0) is 9.59 Å². The Morgan fingerprint density at radius 1 is 0.838 bits per heavy atom. The van der Waals surface area contributed by atoms with Crippen molar-refractivity contribution in [1.29, 1.82) is 0 Å². The monoisotopic (exact) mass is 521 g/mol. The Balaban J connectivity index is 2.29. The van der Waals surface area contributed by atoms with E-state index in [-0.39, 0.29) is 22.5 Å². The number of rotatable bonds is 8. The summed E-state index contributed by atoms with van der Waals surface area (Å²) in [4.78, 5) is 35.9. The van der Waals surface area contributed by atoms with Crippen molar-refractivity contribution in [1.82, 2.24) is 19.6 Å². The van der Waals surface area contributed by atoms with E-state index >= 15 is 0 Å². The fourth-order valence-electron chi connectivity index (χ4n) is 3.99. The third-order valence-electron chi connectivity index (χ3n) is 5.84. The van der Waals surface area contributed by atoms with Crippen LogP contribution in [-0.4, -0.2) is 84.9 Å². The lowest BCUT2D eigenvalue weighted by molar-refractivity contribution is -0.133. The highest BCUT2D eigenvalue weighted by molar-refractivity contribution is 7.80. The summed E-state index contributed by atoms with van der Waals surface area (Å²) in [6.45, 7) is 4.46. The van der Waals surface area contributed by atoms with Crippen LogP contribution in [0.1, 0.15) is 13.8 Å². The SMILES string of the molecule is CCN1C(=O)C(=C2C=C(/C=C/N(C)C)N(c3ccc(OC)cc3)C(/C=C/N(C)C)=C2)C(=O)N(CC)C1=S. The minimum absolute atomic E-state index is 0.109. The van der Waals surface area contributed by atoms with Gasteiger partial charge in [0.1, 0.15) is 11.3 Å². The van der Waals surface area contributed by atoms with Gasteiger partial charge < -0.3 is 19.4 Å². The van der Waals surface area contributed by atoms with Crippen LogP contribution in [0.5, 0.6) is 5.75 Å². The van der Waals surface area contributed by atoms with Crippen molar-refractivity contribution in [3.05, 3.63) is 83.5 Å². The minimum atomic E-state index is -0.380. The van der Waals surface area contributed by atoms with Crippen LogP contribution < -0.4 is 9.64 Å². The molecule has 1 fully saturated rings. The van der Waals surface area contributed by atoms with E-state index in [1.807, 2.05) is 113 Å². The molecule has 0 bridgehead atoms. The molecule has 0 radical (unpaired) electrons. The second-order valence-electron chi connectivity index (χ2n) is 8.94. The molecule has 0 N–H and O–H groups in total. The van der Waals surface area contributed by atoms with Gasteiger partial charge in [-0.05, 0) is 80.2 Å². The van der Waals surface area contributed by atoms with Gasteiger partial charge in [-0.25, -0.2) is 0 Å². The normalized spacial score (nSPS) is 16.7. The molecule has 0 spiro atoms. The van der Waals surface area contributed by atoms with Crippen LogP contribution in [0.15, 0.2) is 83.5 Å². The van der Waals surface area contributed by atoms with Gasteiger partial charge >= 0.3 is 0 Å². The van der Waals surface area contributed by atoms with Crippen molar-refractivity contribution in [2.75, 3.05) is 53.3 Å². The van der Waals surface area contributed by atoms with Crippen LogP contribution >= 0.6 is 12.2 Å². The van der Waals surface area contributed by atoms with Crippen molar-refractivity contribution < 1.29 is 14.3 Å². The van der Waals surface area contributed by atoms with Gasteiger partial charge in [-0.15, -0.1) is 0 Å². The molecule has 0 atom stereocenters. The maximum absolute atomic E-state index is 13.5. The van der Waals surface area contributed by atoms with Gasteiger partial charge in [0.05, 0.1) is 7.11 Å². The van der Waals surface area contributed by atoms with E-state index in [1.165, 1.54) is 9.80 Å². The van der Waals surface area contributed by atoms with Crippen molar-refractivity contribution in [2.24, 2.45) is 0 Å². The number of carbonyl (C=O) groups excluding carboxylic acids is 2. The summed E-state index contributed by atoms with van der Waals surface area (Å²) in [5.41, 5.74) is 3.14. The third-order valence-corrected chi connectivity index (χ3v) is 6.28. The van der Waals surface area contributed by atoms with E-state index in [0.29, 0.717) is 18.7 Å². The quantitative estimate of drug-likeness (QED) is 0.294. The fraction of sp³-hybridized carbons (Fsp3) is 0.321. The molecule has 3 rings (SSSR count). The van der Waals surface area contributed by atoms with Crippen molar-refractivity contribution in [2.45, 2.75) is 13.8 Å². The average Bonchev–Trinajstić information content (AvgIpc) is 2.86. The third kappa shape index (κ3) is 5.94. The smallest absolute Gasteiger partial charge is 0.266 e. The van der Waals surface area contributed by atoms with Crippen molar-refractivity contribution >= 4 is 34.8 Å². The first-order valence-corrected chi connectivity index (χ1v) is 12.5. The molecular formula is C28H35N5O3S. The van der Waals surface area contributed by atoms with E-state index in [2.05, 4.69) is 4.90 Å². The molecule has 0 aromatic heterocycles. The fourth-order valence-corrected chi connectivity index (χ4v) is 4.42. The summed E-state index contributed by atoms with van der Waals surface area (Å²) in [7, 11) is 9.38. The van der Waals surface area contributed by atoms with Gasteiger partial charge in [-0.1, -0.05) is 0 Å². The molecule has 2 aliphatic rings. The number of anilines is 1. The number of thiocarbonyl (C=S) groups is 1. The minimum Gasteiger partial charge on any atom is -0.497 e. The first kappa shape index (κ1) is 27.7. The number of allylic oxidation sites excluding steroid dienone is 5. The molecule has 1 saturated heterocycles. The Bertz CT molecular complexity index is 1140. The highest BCUT2D eigenvalue weighted by Crippen LogP contribution is 2.34. The van der Waals surface area contributed by atoms with Gasteiger partial charge in [-0.2, -0.15) is 0 Å². The molecule has 2 heterocycles. The Kier molecular flexibility index (Phi) is 8.94. The zero-order valence-corrected chi connectivity index (χ0v) is 23.4. The zero-order valence-electron chi connectivity index (χ0n) is 22.6. The molecule has 9 heteroatoms. The number of carbonyl (C=O) groups is 2. The van der Waals surface area contributed by atoms with Crippen LogP contribution in [0, 0.1) is 0 Å². The largest absolute Gasteiger partial charge is 0.497 e. The summed E-state index contributed by atoms with van der Waals surface area (Å²) in [5, 5.41) is 0.244.